The number of piperidine rings is 1. The first-order chi connectivity index (χ1) is 10.3. The number of aromatic nitrogens is 1. The van der Waals surface area contributed by atoms with Crippen LogP contribution in [0, 0.1) is 5.92 Å². The van der Waals surface area contributed by atoms with Crippen LogP contribution in [0.5, 0.6) is 0 Å². The van der Waals surface area contributed by atoms with Gasteiger partial charge in [0, 0.05) is 37.2 Å². The first-order valence-electron chi connectivity index (χ1n) is 7.99. The lowest BCUT2D eigenvalue weighted by molar-refractivity contribution is 0.0179. The van der Waals surface area contributed by atoms with Gasteiger partial charge in [-0.05, 0) is 58.6 Å². The van der Waals surface area contributed by atoms with Crippen molar-refractivity contribution >= 4 is 11.8 Å². The monoisotopic (exact) mass is 305 g/mol. The first kappa shape index (κ1) is 16.6. The molecule has 22 heavy (non-hydrogen) atoms. The molecule has 122 valence electrons. The predicted molar refractivity (Wildman–Crippen MR) is 87.9 cm³/mol. The molecule has 0 aromatic carbocycles. The SMILES string of the molecule is CC(Nc1ccncc1)C1CCN(C(=O)OC(C)(C)C)CC1. The summed E-state index contributed by atoms with van der Waals surface area (Å²) >= 11 is 0. The molecule has 1 atom stereocenters. The van der Waals surface area contributed by atoms with Crippen LogP contribution in [-0.2, 0) is 4.74 Å². The zero-order valence-corrected chi connectivity index (χ0v) is 14.0. The number of likely N-dealkylation sites (tertiary alicyclic amines) is 1. The summed E-state index contributed by atoms with van der Waals surface area (Å²) in [7, 11) is 0. The average Bonchev–Trinajstić information content (AvgIpc) is 2.46. The van der Waals surface area contributed by atoms with Crippen LogP contribution in [0.1, 0.15) is 40.5 Å². The summed E-state index contributed by atoms with van der Waals surface area (Å²) in [6.07, 6.45) is 5.39. The van der Waals surface area contributed by atoms with Gasteiger partial charge in [-0.15, -0.1) is 0 Å². The molecule has 1 saturated heterocycles. The van der Waals surface area contributed by atoms with Crippen LogP contribution in [0.2, 0.25) is 0 Å². The number of hydrogen-bond donors (Lipinski definition) is 1. The number of carbonyl (C=O) groups is 1. The van der Waals surface area contributed by atoms with Crippen LogP contribution in [-0.4, -0.2) is 40.7 Å². The smallest absolute Gasteiger partial charge is 0.410 e. The maximum Gasteiger partial charge on any atom is 0.410 e. The Bertz CT molecular complexity index is 476. The Labute approximate surface area is 133 Å². The van der Waals surface area contributed by atoms with Crippen molar-refractivity contribution < 1.29 is 9.53 Å². The second kappa shape index (κ2) is 6.99. The number of ether oxygens (including phenoxy) is 1. The molecule has 1 N–H and O–H groups in total. The highest BCUT2D eigenvalue weighted by Crippen LogP contribution is 2.24. The van der Waals surface area contributed by atoms with E-state index in [1.54, 1.807) is 12.4 Å². The fraction of sp³-hybridized carbons (Fsp3) is 0.647. The van der Waals surface area contributed by atoms with Crippen LogP contribution in [0.3, 0.4) is 0 Å². The topological polar surface area (TPSA) is 54.5 Å². The van der Waals surface area contributed by atoms with Crippen molar-refractivity contribution in [3.8, 4) is 0 Å². The highest BCUT2D eigenvalue weighted by molar-refractivity contribution is 5.68. The minimum Gasteiger partial charge on any atom is -0.444 e. The van der Waals surface area contributed by atoms with Gasteiger partial charge in [-0.3, -0.25) is 4.98 Å². The highest BCUT2D eigenvalue weighted by atomic mass is 16.6. The molecule has 5 nitrogen and oxygen atoms in total. The molecule has 0 saturated carbocycles. The second-order valence-corrected chi connectivity index (χ2v) is 6.97. The number of amides is 1. The van der Waals surface area contributed by atoms with E-state index in [4.69, 9.17) is 4.74 Å². The van der Waals surface area contributed by atoms with Crippen molar-refractivity contribution in [1.29, 1.82) is 0 Å². The van der Waals surface area contributed by atoms with Crippen LogP contribution in [0.15, 0.2) is 24.5 Å². The van der Waals surface area contributed by atoms with E-state index in [1.807, 2.05) is 37.8 Å². The molecule has 0 aliphatic carbocycles. The minimum atomic E-state index is -0.426. The van der Waals surface area contributed by atoms with Gasteiger partial charge < -0.3 is 15.0 Å². The quantitative estimate of drug-likeness (QED) is 0.928. The number of nitrogens with one attached hydrogen (secondary N) is 1. The van der Waals surface area contributed by atoms with E-state index in [0.717, 1.165) is 31.6 Å². The highest BCUT2D eigenvalue weighted by Gasteiger charge is 2.29. The number of nitrogens with zero attached hydrogens (tertiary/aromatic N) is 2. The Balaban J connectivity index is 1.80. The molecule has 1 aromatic rings. The van der Waals surface area contributed by atoms with Gasteiger partial charge in [-0.2, -0.15) is 0 Å². The molecule has 0 bridgehead atoms. The molecule has 2 heterocycles. The van der Waals surface area contributed by atoms with Crippen molar-refractivity contribution in [2.45, 2.75) is 52.2 Å². The molecule has 0 radical (unpaired) electrons. The van der Waals surface area contributed by atoms with E-state index in [9.17, 15) is 4.79 Å². The van der Waals surface area contributed by atoms with E-state index in [0.29, 0.717) is 12.0 Å². The fourth-order valence-electron chi connectivity index (χ4n) is 2.74. The Hall–Kier alpha value is -1.78. The van der Waals surface area contributed by atoms with E-state index in [-0.39, 0.29) is 6.09 Å². The number of pyridine rings is 1. The molecule has 2 rings (SSSR count). The summed E-state index contributed by atoms with van der Waals surface area (Å²) in [5, 5.41) is 3.52. The van der Waals surface area contributed by atoms with Gasteiger partial charge in [0.25, 0.3) is 0 Å². The number of rotatable bonds is 3. The van der Waals surface area contributed by atoms with Gasteiger partial charge in [0.15, 0.2) is 0 Å². The number of carbonyl (C=O) groups excluding carboxylic acids is 1. The first-order valence-corrected chi connectivity index (χ1v) is 7.99. The van der Waals surface area contributed by atoms with E-state index < -0.39 is 5.60 Å². The van der Waals surface area contributed by atoms with Gasteiger partial charge >= 0.3 is 6.09 Å². The maximum absolute atomic E-state index is 12.1. The van der Waals surface area contributed by atoms with E-state index >= 15 is 0 Å². The second-order valence-electron chi connectivity index (χ2n) is 6.97. The zero-order chi connectivity index (χ0) is 16.2. The third-order valence-electron chi connectivity index (χ3n) is 3.97. The molecule has 0 spiro atoms. The maximum atomic E-state index is 12.1. The lowest BCUT2D eigenvalue weighted by atomic mass is 9.90. The van der Waals surface area contributed by atoms with Crippen LogP contribution >= 0.6 is 0 Å². The minimum absolute atomic E-state index is 0.194. The predicted octanol–water partition coefficient (Wildman–Crippen LogP) is 3.53. The summed E-state index contributed by atoms with van der Waals surface area (Å²) in [5.74, 6) is 0.562. The summed E-state index contributed by atoms with van der Waals surface area (Å²) in [4.78, 5) is 17.9. The summed E-state index contributed by atoms with van der Waals surface area (Å²) in [6.45, 7) is 9.44. The normalized spacial score (nSPS) is 17.9. The Morgan fingerprint density at radius 3 is 2.45 bits per heavy atom. The molecular formula is C17H27N3O2. The molecule has 5 heteroatoms. The lowest BCUT2D eigenvalue weighted by Crippen LogP contribution is -2.44. The lowest BCUT2D eigenvalue weighted by Gasteiger charge is -2.36. The molecule has 1 aliphatic heterocycles. The third kappa shape index (κ3) is 4.90. The number of anilines is 1. The van der Waals surface area contributed by atoms with Crippen molar-refractivity contribution in [2.24, 2.45) is 5.92 Å². The van der Waals surface area contributed by atoms with Crippen LogP contribution in [0.25, 0.3) is 0 Å². The summed E-state index contributed by atoms with van der Waals surface area (Å²) in [5.41, 5.74) is 0.668. The van der Waals surface area contributed by atoms with Crippen molar-refractivity contribution in [1.82, 2.24) is 9.88 Å². The van der Waals surface area contributed by atoms with Gasteiger partial charge in [-0.1, -0.05) is 0 Å². The largest absolute Gasteiger partial charge is 0.444 e. The standard InChI is InChI=1S/C17H27N3O2/c1-13(19-15-5-9-18-10-6-15)14-7-11-20(12-8-14)16(21)22-17(2,3)4/h5-6,9-10,13-14H,7-8,11-12H2,1-4H3,(H,18,19). The summed E-state index contributed by atoms with van der Waals surface area (Å²) in [6, 6.07) is 4.33. The van der Waals surface area contributed by atoms with E-state index in [1.165, 1.54) is 0 Å². The van der Waals surface area contributed by atoms with Crippen LogP contribution < -0.4 is 5.32 Å². The van der Waals surface area contributed by atoms with Crippen molar-refractivity contribution in [3.05, 3.63) is 24.5 Å². The average molecular weight is 305 g/mol. The molecule has 1 aliphatic rings. The molecule has 1 amide bonds. The van der Waals surface area contributed by atoms with E-state index in [2.05, 4.69) is 17.2 Å². The molecule has 1 aromatic heterocycles. The van der Waals surface area contributed by atoms with Gasteiger partial charge in [0.2, 0.25) is 0 Å². The Morgan fingerprint density at radius 2 is 1.91 bits per heavy atom. The van der Waals surface area contributed by atoms with Crippen molar-refractivity contribution in [2.75, 3.05) is 18.4 Å². The van der Waals surface area contributed by atoms with Crippen molar-refractivity contribution in [3.63, 3.8) is 0 Å². The van der Waals surface area contributed by atoms with Gasteiger partial charge in [0.1, 0.15) is 5.60 Å². The molecular weight excluding hydrogens is 278 g/mol. The Morgan fingerprint density at radius 1 is 1.32 bits per heavy atom. The number of hydrogen-bond acceptors (Lipinski definition) is 4. The third-order valence-corrected chi connectivity index (χ3v) is 3.97. The van der Waals surface area contributed by atoms with Crippen LogP contribution in [0.4, 0.5) is 10.5 Å². The Kier molecular flexibility index (Phi) is 5.27. The van der Waals surface area contributed by atoms with Gasteiger partial charge in [-0.25, -0.2) is 4.79 Å². The summed E-state index contributed by atoms with van der Waals surface area (Å²) < 4.78 is 5.43. The molecule has 1 unspecified atom stereocenters. The van der Waals surface area contributed by atoms with Gasteiger partial charge in [0.05, 0.1) is 0 Å². The molecule has 1 fully saturated rings. The fourth-order valence-corrected chi connectivity index (χ4v) is 2.74. The zero-order valence-electron chi connectivity index (χ0n) is 14.0.